The van der Waals surface area contributed by atoms with Gasteiger partial charge in [-0.3, -0.25) is 9.69 Å². The van der Waals surface area contributed by atoms with Crippen molar-refractivity contribution in [2.75, 3.05) is 7.05 Å². The van der Waals surface area contributed by atoms with Crippen LogP contribution in [0.4, 0.5) is 4.39 Å². The summed E-state index contributed by atoms with van der Waals surface area (Å²) in [4.78, 5) is 12.7. The molecule has 1 fully saturated rings. The molecule has 0 radical (unpaired) electrons. The number of aliphatic carboxylic acids is 1. The summed E-state index contributed by atoms with van der Waals surface area (Å²) in [7, 11) is 1.91. The maximum Gasteiger partial charge on any atom is 0.306 e. The Hall–Kier alpha value is -1.42. The van der Waals surface area contributed by atoms with Crippen LogP contribution in [0.15, 0.2) is 24.3 Å². The lowest BCUT2D eigenvalue weighted by atomic mass is 9.79. The topological polar surface area (TPSA) is 40.5 Å². The van der Waals surface area contributed by atoms with Crippen molar-refractivity contribution in [1.82, 2.24) is 4.90 Å². The number of hydrogen-bond acceptors (Lipinski definition) is 2. The zero-order valence-electron chi connectivity index (χ0n) is 9.77. The van der Waals surface area contributed by atoms with Gasteiger partial charge in [-0.25, -0.2) is 4.39 Å². The molecule has 0 unspecified atom stereocenters. The van der Waals surface area contributed by atoms with E-state index in [4.69, 9.17) is 5.11 Å². The van der Waals surface area contributed by atoms with Gasteiger partial charge in [-0.2, -0.15) is 0 Å². The molecule has 1 aromatic carbocycles. The summed E-state index contributed by atoms with van der Waals surface area (Å²) in [5, 5.41) is 8.79. The van der Waals surface area contributed by atoms with Crippen molar-refractivity contribution in [2.24, 2.45) is 5.92 Å². The zero-order chi connectivity index (χ0) is 12.4. The number of rotatable bonds is 4. The second-order valence-electron chi connectivity index (χ2n) is 4.67. The average molecular weight is 237 g/mol. The Bertz CT molecular complexity index is 416. The van der Waals surface area contributed by atoms with Gasteiger partial charge < -0.3 is 5.11 Å². The fourth-order valence-corrected chi connectivity index (χ4v) is 2.17. The molecule has 0 heterocycles. The molecule has 2 rings (SSSR count). The van der Waals surface area contributed by atoms with E-state index < -0.39 is 5.97 Å². The quantitative estimate of drug-likeness (QED) is 0.872. The molecule has 4 heteroatoms. The van der Waals surface area contributed by atoms with Crippen molar-refractivity contribution in [3.05, 3.63) is 35.6 Å². The summed E-state index contributed by atoms with van der Waals surface area (Å²) in [5.74, 6) is -1.14. The van der Waals surface area contributed by atoms with Crippen molar-refractivity contribution >= 4 is 5.97 Å². The third-order valence-electron chi connectivity index (χ3n) is 3.46. The molecule has 0 spiro atoms. The zero-order valence-corrected chi connectivity index (χ0v) is 9.77. The molecule has 92 valence electrons. The largest absolute Gasteiger partial charge is 0.481 e. The SMILES string of the molecule is CN(Cc1ccccc1F)C1CC(C(=O)O)C1. The van der Waals surface area contributed by atoms with Gasteiger partial charge >= 0.3 is 5.97 Å². The first-order valence-corrected chi connectivity index (χ1v) is 5.74. The van der Waals surface area contributed by atoms with Gasteiger partial charge in [-0.05, 0) is 26.0 Å². The standard InChI is InChI=1S/C13H16FNO2/c1-15(11-6-10(7-11)13(16)17)8-9-4-2-3-5-12(9)14/h2-5,10-11H,6-8H2,1H3,(H,16,17). The van der Waals surface area contributed by atoms with E-state index in [0.717, 1.165) is 0 Å². The predicted molar refractivity (Wildman–Crippen MR) is 62.0 cm³/mol. The molecule has 1 N–H and O–H groups in total. The molecule has 0 amide bonds. The molecule has 0 bridgehead atoms. The van der Waals surface area contributed by atoms with Gasteiger partial charge in [0.25, 0.3) is 0 Å². The number of nitrogens with zero attached hydrogens (tertiary/aromatic N) is 1. The third kappa shape index (κ3) is 2.64. The minimum absolute atomic E-state index is 0.201. The van der Waals surface area contributed by atoms with Crippen LogP contribution in [-0.4, -0.2) is 29.1 Å². The number of hydrogen-bond donors (Lipinski definition) is 1. The molecule has 17 heavy (non-hydrogen) atoms. The molecule has 0 atom stereocenters. The smallest absolute Gasteiger partial charge is 0.306 e. The molecule has 0 aromatic heterocycles. The van der Waals surface area contributed by atoms with Gasteiger partial charge in [0.1, 0.15) is 5.82 Å². The van der Waals surface area contributed by atoms with Gasteiger partial charge in [-0.1, -0.05) is 18.2 Å². The van der Waals surface area contributed by atoms with Crippen molar-refractivity contribution in [1.29, 1.82) is 0 Å². The Labute approximate surface area is 99.9 Å². The minimum Gasteiger partial charge on any atom is -0.481 e. The van der Waals surface area contributed by atoms with Crippen molar-refractivity contribution in [3.8, 4) is 0 Å². The minimum atomic E-state index is -0.722. The Morgan fingerprint density at radius 3 is 2.71 bits per heavy atom. The number of benzene rings is 1. The molecule has 0 saturated heterocycles. The Morgan fingerprint density at radius 1 is 1.47 bits per heavy atom. The van der Waals surface area contributed by atoms with E-state index in [0.29, 0.717) is 24.9 Å². The summed E-state index contributed by atoms with van der Waals surface area (Å²) in [5.41, 5.74) is 0.661. The highest BCUT2D eigenvalue weighted by Crippen LogP contribution is 2.32. The highest BCUT2D eigenvalue weighted by Gasteiger charge is 2.36. The van der Waals surface area contributed by atoms with Crippen LogP contribution in [0.2, 0.25) is 0 Å². The fourth-order valence-electron chi connectivity index (χ4n) is 2.17. The van der Waals surface area contributed by atoms with Crippen LogP contribution in [0.1, 0.15) is 18.4 Å². The molecule has 0 aliphatic heterocycles. The highest BCUT2D eigenvalue weighted by atomic mass is 19.1. The van der Waals surface area contributed by atoms with E-state index in [1.54, 1.807) is 12.1 Å². The normalized spacial score (nSPS) is 23.5. The second kappa shape index (κ2) is 4.84. The monoisotopic (exact) mass is 237 g/mol. The van der Waals surface area contributed by atoms with Crippen LogP contribution >= 0.6 is 0 Å². The van der Waals surface area contributed by atoms with E-state index in [-0.39, 0.29) is 17.8 Å². The molecule has 1 aliphatic carbocycles. The molecule has 1 aromatic rings. The summed E-state index contributed by atoms with van der Waals surface area (Å²) >= 11 is 0. The van der Waals surface area contributed by atoms with Crippen LogP contribution in [0.5, 0.6) is 0 Å². The van der Waals surface area contributed by atoms with Gasteiger partial charge in [0.05, 0.1) is 5.92 Å². The van der Waals surface area contributed by atoms with E-state index in [2.05, 4.69) is 0 Å². The van der Waals surface area contributed by atoms with E-state index >= 15 is 0 Å². The third-order valence-corrected chi connectivity index (χ3v) is 3.46. The summed E-state index contributed by atoms with van der Waals surface area (Å²) in [6.07, 6.45) is 1.33. The first-order chi connectivity index (χ1) is 8.08. The predicted octanol–water partition coefficient (Wildman–Crippen LogP) is 2.12. The number of carboxylic acid groups (broad SMARTS) is 1. The first-order valence-electron chi connectivity index (χ1n) is 5.74. The Kier molecular flexibility index (Phi) is 3.43. The van der Waals surface area contributed by atoms with Crippen LogP contribution in [0.25, 0.3) is 0 Å². The lowest BCUT2D eigenvalue weighted by molar-refractivity contribution is -0.146. The molecular weight excluding hydrogens is 221 g/mol. The van der Waals surface area contributed by atoms with Crippen LogP contribution in [0.3, 0.4) is 0 Å². The second-order valence-corrected chi connectivity index (χ2v) is 4.67. The lowest BCUT2D eigenvalue weighted by Gasteiger charge is -2.39. The molecular formula is C13H16FNO2. The maximum atomic E-state index is 13.4. The average Bonchev–Trinajstić information content (AvgIpc) is 2.18. The van der Waals surface area contributed by atoms with E-state index in [1.807, 2.05) is 18.0 Å². The van der Waals surface area contributed by atoms with Crippen molar-refractivity contribution in [3.63, 3.8) is 0 Å². The molecule has 1 saturated carbocycles. The number of halogens is 1. The summed E-state index contributed by atoms with van der Waals surface area (Å²) in [6.45, 7) is 0.531. The van der Waals surface area contributed by atoms with Gasteiger partial charge in [-0.15, -0.1) is 0 Å². The lowest BCUT2D eigenvalue weighted by Crippen LogP contribution is -2.44. The van der Waals surface area contributed by atoms with Crippen LogP contribution < -0.4 is 0 Å². The maximum absolute atomic E-state index is 13.4. The summed E-state index contributed by atoms with van der Waals surface area (Å²) < 4.78 is 13.4. The number of carbonyl (C=O) groups is 1. The van der Waals surface area contributed by atoms with Gasteiger partial charge in [0, 0.05) is 18.2 Å². The summed E-state index contributed by atoms with van der Waals surface area (Å²) in [6, 6.07) is 6.95. The van der Waals surface area contributed by atoms with Crippen LogP contribution in [-0.2, 0) is 11.3 Å². The van der Waals surface area contributed by atoms with Crippen LogP contribution in [0, 0.1) is 11.7 Å². The van der Waals surface area contributed by atoms with Gasteiger partial charge in [0.2, 0.25) is 0 Å². The van der Waals surface area contributed by atoms with E-state index in [9.17, 15) is 9.18 Å². The molecule has 3 nitrogen and oxygen atoms in total. The highest BCUT2D eigenvalue weighted by molar-refractivity contribution is 5.71. The van der Waals surface area contributed by atoms with Crippen molar-refractivity contribution < 1.29 is 14.3 Å². The number of carboxylic acids is 1. The van der Waals surface area contributed by atoms with Gasteiger partial charge in [0.15, 0.2) is 0 Å². The van der Waals surface area contributed by atoms with E-state index in [1.165, 1.54) is 6.07 Å². The fraction of sp³-hybridized carbons (Fsp3) is 0.462. The van der Waals surface area contributed by atoms with Crippen molar-refractivity contribution in [2.45, 2.75) is 25.4 Å². The molecule has 1 aliphatic rings. The first kappa shape index (κ1) is 12.0. The Balaban J connectivity index is 1.89. The Morgan fingerprint density at radius 2 is 2.12 bits per heavy atom.